The van der Waals surface area contributed by atoms with Crippen molar-refractivity contribution in [2.45, 2.75) is 33.2 Å². The van der Waals surface area contributed by atoms with Crippen molar-refractivity contribution in [2.24, 2.45) is 5.92 Å². The van der Waals surface area contributed by atoms with Gasteiger partial charge in [0, 0.05) is 13.1 Å². The highest BCUT2D eigenvalue weighted by atomic mass is 32.1. The number of thiol groups is 1. The molecule has 0 N–H and O–H groups in total. The van der Waals surface area contributed by atoms with Crippen molar-refractivity contribution in [1.29, 1.82) is 0 Å². The monoisotopic (exact) mass is 251 g/mol. The van der Waals surface area contributed by atoms with E-state index in [1.807, 2.05) is 0 Å². The molecule has 1 nitrogen and oxygen atoms in total. The van der Waals surface area contributed by atoms with Crippen molar-refractivity contribution in [1.82, 2.24) is 4.90 Å². The van der Waals surface area contributed by atoms with Gasteiger partial charge in [0.05, 0.1) is 0 Å². The van der Waals surface area contributed by atoms with Gasteiger partial charge in [0.2, 0.25) is 0 Å². The van der Waals surface area contributed by atoms with Crippen molar-refractivity contribution in [3.8, 4) is 0 Å². The molecule has 1 aromatic rings. The summed E-state index contributed by atoms with van der Waals surface area (Å²) >= 11 is 4.46. The van der Waals surface area contributed by atoms with Gasteiger partial charge in [-0.05, 0) is 30.2 Å². The van der Waals surface area contributed by atoms with Gasteiger partial charge in [-0.1, -0.05) is 50.6 Å². The van der Waals surface area contributed by atoms with E-state index in [0.717, 1.165) is 24.8 Å². The lowest BCUT2D eigenvalue weighted by molar-refractivity contribution is 0.237. The molecule has 0 bridgehead atoms. The van der Waals surface area contributed by atoms with E-state index in [2.05, 4.69) is 61.7 Å². The lowest BCUT2D eigenvalue weighted by Crippen LogP contribution is -2.29. The SMILES string of the molecule is CCCC(CS)CN(CC)Cc1ccccc1. The van der Waals surface area contributed by atoms with Crippen molar-refractivity contribution < 1.29 is 0 Å². The van der Waals surface area contributed by atoms with Gasteiger partial charge in [0.1, 0.15) is 0 Å². The van der Waals surface area contributed by atoms with Crippen molar-refractivity contribution >= 4 is 12.6 Å². The van der Waals surface area contributed by atoms with Crippen LogP contribution < -0.4 is 0 Å². The molecule has 0 spiro atoms. The van der Waals surface area contributed by atoms with Crippen LogP contribution in [0.15, 0.2) is 30.3 Å². The third-order valence-corrected chi connectivity index (χ3v) is 3.68. The number of hydrogen-bond donors (Lipinski definition) is 1. The summed E-state index contributed by atoms with van der Waals surface area (Å²) < 4.78 is 0. The minimum atomic E-state index is 0.729. The fourth-order valence-corrected chi connectivity index (χ4v) is 2.46. The Labute approximate surface area is 112 Å². The molecule has 2 heteroatoms. The van der Waals surface area contributed by atoms with Crippen molar-refractivity contribution in [3.63, 3.8) is 0 Å². The Kier molecular flexibility index (Phi) is 7.38. The van der Waals surface area contributed by atoms with Crippen molar-refractivity contribution in [3.05, 3.63) is 35.9 Å². The second-order valence-corrected chi connectivity index (χ2v) is 5.02. The first kappa shape index (κ1) is 14.6. The average molecular weight is 251 g/mol. The summed E-state index contributed by atoms with van der Waals surface area (Å²) in [5, 5.41) is 0. The first-order valence-electron chi connectivity index (χ1n) is 6.67. The second kappa shape index (κ2) is 8.60. The van der Waals surface area contributed by atoms with Gasteiger partial charge in [-0.3, -0.25) is 4.90 Å². The standard InChI is InChI=1S/C15H25NS/c1-3-8-15(13-17)12-16(4-2)11-14-9-6-5-7-10-14/h5-7,9-10,15,17H,3-4,8,11-13H2,1-2H3. The maximum Gasteiger partial charge on any atom is 0.0233 e. The van der Waals surface area contributed by atoms with E-state index in [1.165, 1.54) is 24.9 Å². The van der Waals surface area contributed by atoms with Crippen LogP contribution in [0.3, 0.4) is 0 Å². The number of rotatable bonds is 8. The maximum absolute atomic E-state index is 4.46. The summed E-state index contributed by atoms with van der Waals surface area (Å²) in [5.74, 6) is 1.73. The zero-order valence-electron chi connectivity index (χ0n) is 11.1. The molecule has 0 saturated heterocycles. The number of hydrogen-bond acceptors (Lipinski definition) is 2. The molecule has 1 rings (SSSR count). The first-order valence-corrected chi connectivity index (χ1v) is 7.30. The van der Waals surface area contributed by atoms with E-state index in [4.69, 9.17) is 0 Å². The van der Waals surface area contributed by atoms with Crippen LogP contribution in [-0.4, -0.2) is 23.7 Å². The van der Waals surface area contributed by atoms with Crippen molar-refractivity contribution in [2.75, 3.05) is 18.8 Å². The smallest absolute Gasteiger partial charge is 0.0233 e. The van der Waals surface area contributed by atoms with E-state index in [-0.39, 0.29) is 0 Å². The molecule has 17 heavy (non-hydrogen) atoms. The predicted octanol–water partition coefficient (Wildman–Crippen LogP) is 3.85. The third-order valence-electron chi connectivity index (χ3n) is 3.17. The number of benzene rings is 1. The summed E-state index contributed by atoms with van der Waals surface area (Å²) in [6.07, 6.45) is 2.54. The van der Waals surface area contributed by atoms with Crippen LogP contribution in [0.5, 0.6) is 0 Å². The van der Waals surface area contributed by atoms with Gasteiger partial charge in [0.15, 0.2) is 0 Å². The molecule has 0 radical (unpaired) electrons. The summed E-state index contributed by atoms with van der Waals surface area (Å²) in [4.78, 5) is 2.52. The Morgan fingerprint density at radius 1 is 1.18 bits per heavy atom. The van der Waals surface area contributed by atoms with Gasteiger partial charge in [0.25, 0.3) is 0 Å². The summed E-state index contributed by atoms with van der Waals surface area (Å²) in [7, 11) is 0. The normalized spacial score (nSPS) is 12.9. The largest absolute Gasteiger partial charge is 0.299 e. The van der Waals surface area contributed by atoms with Crippen LogP contribution in [0.1, 0.15) is 32.3 Å². The second-order valence-electron chi connectivity index (χ2n) is 4.65. The van der Waals surface area contributed by atoms with E-state index in [9.17, 15) is 0 Å². The molecule has 0 fully saturated rings. The summed E-state index contributed by atoms with van der Waals surface area (Å²) in [5.41, 5.74) is 1.41. The molecule has 1 atom stereocenters. The topological polar surface area (TPSA) is 3.24 Å². The molecule has 0 aliphatic carbocycles. The quantitative estimate of drug-likeness (QED) is 0.687. The molecule has 0 amide bonds. The van der Waals surface area contributed by atoms with E-state index < -0.39 is 0 Å². The van der Waals surface area contributed by atoms with Gasteiger partial charge >= 0.3 is 0 Å². The molecule has 1 unspecified atom stereocenters. The fraction of sp³-hybridized carbons (Fsp3) is 0.600. The first-order chi connectivity index (χ1) is 8.30. The van der Waals surface area contributed by atoms with Gasteiger partial charge in [-0.2, -0.15) is 12.6 Å². The predicted molar refractivity (Wildman–Crippen MR) is 79.6 cm³/mol. The van der Waals surface area contributed by atoms with Crippen LogP contribution in [0, 0.1) is 5.92 Å². The lowest BCUT2D eigenvalue weighted by Gasteiger charge is -2.25. The van der Waals surface area contributed by atoms with Crippen LogP contribution in [0.4, 0.5) is 0 Å². The Bertz CT molecular complexity index is 286. The molecule has 0 heterocycles. The lowest BCUT2D eigenvalue weighted by atomic mass is 10.0. The molecule has 0 aromatic heterocycles. The van der Waals surface area contributed by atoms with E-state index in [1.54, 1.807) is 0 Å². The molecule has 0 saturated carbocycles. The van der Waals surface area contributed by atoms with Crippen LogP contribution >= 0.6 is 12.6 Å². The molecule has 1 aromatic carbocycles. The molecule has 0 aliphatic heterocycles. The Hall–Kier alpha value is -0.470. The highest BCUT2D eigenvalue weighted by Gasteiger charge is 2.11. The fourth-order valence-electron chi connectivity index (χ4n) is 2.16. The summed E-state index contributed by atoms with van der Waals surface area (Å²) in [6.45, 7) is 7.84. The third kappa shape index (κ3) is 5.60. The Balaban J connectivity index is 2.48. The Morgan fingerprint density at radius 2 is 1.88 bits per heavy atom. The van der Waals surface area contributed by atoms with E-state index in [0.29, 0.717) is 0 Å². The summed E-state index contributed by atoms with van der Waals surface area (Å²) in [6, 6.07) is 10.7. The average Bonchev–Trinajstić information content (AvgIpc) is 2.38. The van der Waals surface area contributed by atoms with Crippen LogP contribution in [0.2, 0.25) is 0 Å². The maximum atomic E-state index is 4.46. The zero-order chi connectivity index (χ0) is 12.5. The molecular weight excluding hydrogens is 226 g/mol. The molecule has 0 aliphatic rings. The minimum Gasteiger partial charge on any atom is -0.299 e. The highest BCUT2D eigenvalue weighted by molar-refractivity contribution is 7.80. The van der Waals surface area contributed by atoms with Gasteiger partial charge in [-0.25, -0.2) is 0 Å². The van der Waals surface area contributed by atoms with Crippen LogP contribution in [0.25, 0.3) is 0 Å². The minimum absolute atomic E-state index is 0.729. The van der Waals surface area contributed by atoms with E-state index >= 15 is 0 Å². The molecular formula is C15H25NS. The van der Waals surface area contributed by atoms with Gasteiger partial charge in [-0.15, -0.1) is 0 Å². The highest BCUT2D eigenvalue weighted by Crippen LogP contribution is 2.13. The van der Waals surface area contributed by atoms with Crippen LogP contribution in [-0.2, 0) is 6.54 Å². The zero-order valence-corrected chi connectivity index (χ0v) is 12.0. The Morgan fingerprint density at radius 3 is 2.41 bits per heavy atom. The van der Waals surface area contributed by atoms with Gasteiger partial charge < -0.3 is 0 Å². The number of nitrogens with zero attached hydrogens (tertiary/aromatic N) is 1. The molecule has 96 valence electrons.